The topological polar surface area (TPSA) is 119 Å². The maximum atomic E-state index is 13.8. The molecule has 0 aliphatic heterocycles. The summed E-state index contributed by atoms with van der Waals surface area (Å²) in [5, 5.41) is 16.2. The zero-order valence-corrected chi connectivity index (χ0v) is 16.0. The maximum absolute atomic E-state index is 13.8. The monoisotopic (exact) mass is 400 g/mol. The molecule has 1 unspecified atom stereocenters. The number of halogens is 1. The van der Waals surface area contributed by atoms with Gasteiger partial charge in [-0.2, -0.15) is 5.10 Å². The molecule has 1 atom stereocenters. The second kappa shape index (κ2) is 7.88. The average Bonchev–Trinajstić information content (AvgIpc) is 3.02. The van der Waals surface area contributed by atoms with Crippen LogP contribution < -0.4 is 15.8 Å². The molecule has 8 nitrogen and oxygen atoms in total. The van der Waals surface area contributed by atoms with Crippen LogP contribution in [-0.2, 0) is 11.4 Å². The minimum Gasteiger partial charge on any atom is -0.489 e. The van der Waals surface area contributed by atoms with Crippen molar-refractivity contribution >= 4 is 17.3 Å². The number of nitrogens with zero attached hydrogens (tertiary/aromatic N) is 2. The number of aliphatic hydroxyl groups excluding tert-OH is 1. The van der Waals surface area contributed by atoms with Crippen molar-refractivity contribution in [3.63, 3.8) is 0 Å². The normalized spacial score (nSPS) is 13.1. The smallest absolute Gasteiger partial charge is 0.256 e. The highest BCUT2D eigenvalue weighted by Gasteiger charge is 2.33. The van der Waals surface area contributed by atoms with Gasteiger partial charge in [0, 0.05) is 17.8 Å². The van der Waals surface area contributed by atoms with E-state index in [1.54, 1.807) is 43.5 Å². The van der Waals surface area contributed by atoms with Gasteiger partial charge in [0.1, 0.15) is 23.7 Å². The number of hydrogen-bond acceptors (Lipinski definition) is 5. The number of hydrogen-bond donors (Lipinski definition) is 3. The highest BCUT2D eigenvalue weighted by atomic mass is 19.1. The molecule has 0 saturated carbocycles. The summed E-state index contributed by atoms with van der Waals surface area (Å²) in [7, 11) is 0. The van der Waals surface area contributed by atoms with Crippen LogP contribution in [0.25, 0.3) is 5.52 Å². The van der Waals surface area contributed by atoms with E-state index in [9.17, 15) is 19.1 Å². The molecule has 2 heterocycles. The maximum Gasteiger partial charge on any atom is 0.256 e. The number of nitrogens with one attached hydrogen (secondary N) is 1. The van der Waals surface area contributed by atoms with Crippen LogP contribution in [-0.4, -0.2) is 38.7 Å². The van der Waals surface area contributed by atoms with Gasteiger partial charge in [-0.25, -0.2) is 8.91 Å². The summed E-state index contributed by atoms with van der Waals surface area (Å²) in [6.45, 7) is 2.34. The van der Waals surface area contributed by atoms with Gasteiger partial charge < -0.3 is 20.9 Å². The predicted octanol–water partition coefficient (Wildman–Crippen LogP) is 1.33. The van der Waals surface area contributed by atoms with Crippen molar-refractivity contribution in [3.8, 4) is 5.75 Å². The summed E-state index contributed by atoms with van der Waals surface area (Å²) >= 11 is 0. The van der Waals surface area contributed by atoms with Crippen LogP contribution >= 0.6 is 0 Å². The number of rotatable bonds is 7. The summed E-state index contributed by atoms with van der Waals surface area (Å²) in [5.74, 6) is -1.44. The number of nitrogens with two attached hydrogens (primary N) is 1. The number of benzene rings is 1. The lowest BCUT2D eigenvalue weighted by molar-refractivity contribution is -0.124. The molecule has 29 heavy (non-hydrogen) atoms. The first kappa shape index (κ1) is 20.3. The number of aliphatic hydroxyl groups is 1. The Hall–Kier alpha value is -3.46. The summed E-state index contributed by atoms with van der Waals surface area (Å²) < 4.78 is 20.9. The van der Waals surface area contributed by atoms with Gasteiger partial charge in [-0.1, -0.05) is 18.2 Å². The zero-order valence-electron chi connectivity index (χ0n) is 16.0. The molecule has 1 aromatic carbocycles. The average molecular weight is 400 g/mol. The fraction of sp³-hybridized carbons (Fsp3) is 0.250. The van der Waals surface area contributed by atoms with E-state index in [2.05, 4.69) is 10.4 Å². The van der Waals surface area contributed by atoms with Crippen LogP contribution in [0, 0.1) is 12.7 Å². The molecule has 0 aliphatic carbocycles. The number of fused-ring (bicyclic) bond motifs is 1. The van der Waals surface area contributed by atoms with E-state index in [0.717, 1.165) is 0 Å². The Balaban J connectivity index is 1.89. The SMILES string of the molecule is Cc1nn2ccc(OCc3ccccc3F)cc2c1C(=O)NC(C)(CO)C(N)=O. The van der Waals surface area contributed by atoms with Crippen molar-refractivity contribution in [3.05, 3.63) is 65.2 Å². The third-order valence-corrected chi connectivity index (χ3v) is 4.61. The lowest BCUT2D eigenvalue weighted by Gasteiger charge is -2.24. The third kappa shape index (κ3) is 4.04. The van der Waals surface area contributed by atoms with Gasteiger partial charge in [0.2, 0.25) is 5.91 Å². The standard InChI is InChI=1S/C20H21FN4O4/c1-12-17(18(27)23-20(2,11-26)19(22)28)16-9-14(7-8-25(16)24-12)29-10-13-5-3-4-6-15(13)21/h3-9,26H,10-11H2,1-2H3,(H2,22,28)(H,23,27). The van der Waals surface area contributed by atoms with Crippen LogP contribution in [0.2, 0.25) is 0 Å². The molecule has 152 valence electrons. The zero-order chi connectivity index (χ0) is 21.2. The summed E-state index contributed by atoms with van der Waals surface area (Å²) in [6.07, 6.45) is 1.61. The highest BCUT2D eigenvalue weighted by molar-refractivity contribution is 6.04. The van der Waals surface area contributed by atoms with Crippen molar-refractivity contribution in [1.29, 1.82) is 0 Å². The molecule has 3 aromatic rings. The van der Waals surface area contributed by atoms with Gasteiger partial charge in [0.05, 0.1) is 23.4 Å². The molecule has 4 N–H and O–H groups in total. The van der Waals surface area contributed by atoms with E-state index < -0.39 is 24.0 Å². The first-order chi connectivity index (χ1) is 13.7. The van der Waals surface area contributed by atoms with E-state index >= 15 is 0 Å². The first-order valence-corrected chi connectivity index (χ1v) is 8.83. The fourth-order valence-corrected chi connectivity index (χ4v) is 2.78. The van der Waals surface area contributed by atoms with Crippen LogP contribution in [0.1, 0.15) is 28.5 Å². The Labute approximate surface area is 166 Å². The van der Waals surface area contributed by atoms with Crippen molar-refractivity contribution in [1.82, 2.24) is 14.9 Å². The second-order valence-electron chi connectivity index (χ2n) is 6.84. The van der Waals surface area contributed by atoms with Crippen LogP contribution in [0.3, 0.4) is 0 Å². The molecule has 9 heteroatoms. The highest BCUT2D eigenvalue weighted by Crippen LogP contribution is 2.22. The summed E-state index contributed by atoms with van der Waals surface area (Å²) in [5.41, 5.74) is 5.12. The Morgan fingerprint density at radius 1 is 1.34 bits per heavy atom. The molecular formula is C20H21FN4O4. The number of aryl methyl sites for hydroxylation is 1. The van der Waals surface area contributed by atoms with Gasteiger partial charge in [-0.3, -0.25) is 9.59 Å². The van der Waals surface area contributed by atoms with E-state index in [0.29, 0.717) is 22.5 Å². The number of pyridine rings is 1. The van der Waals surface area contributed by atoms with E-state index in [1.807, 2.05) is 0 Å². The molecule has 0 radical (unpaired) electrons. The number of carbonyl (C=O) groups is 2. The van der Waals surface area contributed by atoms with Crippen molar-refractivity contribution < 1.29 is 23.8 Å². The first-order valence-electron chi connectivity index (χ1n) is 8.83. The van der Waals surface area contributed by atoms with E-state index in [4.69, 9.17) is 10.5 Å². The van der Waals surface area contributed by atoms with Crippen molar-refractivity contribution in [2.24, 2.45) is 5.73 Å². The van der Waals surface area contributed by atoms with Crippen LogP contribution in [0.4, 0.5) is 4.39 Å². The molecule has 0 fully saturated rings. The van der Waals surface area contributed by atoms with Crippen molar-refractivity contribution in [2.45, 2.75) is 26.0 Å². The van der Waals surface area contributed by atoms with Gasteiger partial charge in [0.15, 0.2) is 0 Å². The molecule has 0 bridgehead atoms. The Morgan fingerprint density at radius 3 is 2.72 bits per heavy atom. The summed E-state index contributed by atoms with van der Waals surface area (Å²) in [4.78, 5) is 24.4. The molecule has 0 spiro atoms. The molecular weight excluding hydrogens is 379 g/mol. The van der Waals surface area contributed by atoms with E-state index in [-0.39, 0.29) is 18.0 Å². The van der Waals surface area contributed by atoms with Gasteiger partial charge in [-0.05, 0) is 26.0 Å². The summed E-state index contributed by atoms with van der Waals surface area (Å²) in [6, 6.07) is 9.51. The molecule has 0 aliphatic rings. The molecule has 2 aromatic heterocycles. The second-order valence-corrected chi connectivity index (χ2v) is 6.84. The number of carbonyl (C=O) groups excluding carboxylic acids is 2. The van der Waals surface area contributed by atoms with E-state index in [1.165, 1.54) is 17.5 Å². The van der Waals surface area contributed by atoms with Gasteiger partial charge in [0.25, 0.3) is 5.91 Å². The number of primary amides is 1. The third-order valence-electron chi connectivity index (χ3n) is 4.61. The molecule has 3 rings (SSSR count). The van der Waals surface area contributed by atoms with Crippen LogP contribution in [0.15, 0.2) is 42.6 Å². The Morgan fingerprint density at radius 2 is 2.07 bits per heavy atom. The molecule has 2 amide bonds. The molecule has 0 saturated heterocycles. The Kier molecular flexibility index (Phi) is 5.51. The largest absolute Gasteiger partial charge is 0.489 e. The van der Waals surface area contributed by atoms with Crippen molar-refractivity contribution in [2.75, 3.05) is 6.61 Å². The number of amides is 2. The lowest BCUT2D eigenvalue weighted by Crippen LogP contribution is -2.57. The van der Waals surface area contributed by atoms with Gasteiger partial charge >= 0.3 is 0 Å². The number of ether oxygens (including phenoxy) is 1. The minimum absolute atomic E-state index is 0.0156. The fourth-order valence-electron chi connectivity index (χ4n) is 2.78. The number of aromatic nitrogens is 2. The van der Waals surface area contributed by atoms with Gasteiger partial charge in [-0.15, -0.1) is 0 Å². The lowest BCUT2D eigenvalue weighted by atomic mass is 10.0. The quantitative estimate of drug-likeness (QED) is 0.553. The predicted molar refractivity (Wildman–Crippen MR) is 103 cm³/mol. The minimum atomic E-state index is -1.61. The van der Waals surface area contributed by atoms with Crippen LogP contribution in [0.5, 0.6) is 5.75 Å². The Bertz CT molecular complexity index is 1080.